The number of carbonyl (C=O) groups is 3. The highest BCUT2D eigenvalue weighted by atomic mass is 32.1. The quantitative estimate of drug-likeness (QED) is 0.0684. The first-order chi connectivity index (χ1) is 36.1. The largest absolute Gasteiger partial charge is 0.496 e. The summed E-state index contributed by atoms with van der Waals surface area (Å²) in [5, 5.41) is 29.4. The molecule has 0 aliphatic carbocycles. The molecule has 10 rings (SSSR count). The van der Waals surface area contributed by atoms with E-state index >= 15 is 0 Å². The molecule has 74 heavy (non-hydrogen) atoms. The third-order valence-electron chi connectivity index (χ3n) is 10.9. The number of hydrogen-bond acceptors (Lipinski definition) is 12. The second-order valence-corrected chi connectivity index (χ2v) is 17.9. The Kier molecular flexibility index (Phi) is 20.7. The van der Waals surface area contributed by atoms with Gasteiger partial charge < -0.3 is 19.4 Å². The molecule has 7 aromatic carbocycles. The van der Waals surface area contributed by atoms with Gasteiger partial charge in [-0.2, -0.15) is 5.26 Å². The van der Waals surface area contributed by atoms with Gasteiger partial charge in [-0.25, -0.2) is 9.97 Å². The van der Waals surface area contributed by atoms with Crippen LogP contribution in [0, 0.1) is 18.3 Å². The summed E-state index contributed by atoms with van der Waals surface area (Å²) < 4.78 is 12.0. The molecule has 0 fully saturated rings. The number of ether oxygens (including phenoxy) is 1. The van der Waals surface area contributed by atoms with Crippen molar-refractivity contribution in [1.82, 2.24) is 9.97 Å². The summed E-state index contributed by atoms with van der Waals surface area (Å²) in [6.07, 6.45) is 7.29. The van der Waals surface area contributed by atoms with Crippen molar-refractivity contribution in [2.45, 2.75) is 20.1 Å². The lowest BCUT2D eigenvalue weighted by atomic mass is 10.1. The van der Waals surface area contributed by atoms with Gasteiger partial charge in [0.2, 0.25) is 5.89 Å². The van der Waals surface area contributed by atoms with E-state index in [-0.39, 0.29) is 18.8 Å². The summed E-state index contributed by atoms with van der Waals surface area (Å²) in [7, 11) is 1.54. The third kappa shape index (κ3) is 15.3. The van der Waals surface area contributed by atoms with Crippen molar-refractivity contribution in [3.8, 4) is 44.3 Å². The summed E-state index contributed by atoms with van der Waals surface area (Å²) in [4.78, 5) is 41.6. The maximum atomic E-state index is 10.5. The van der Waals surface area contributed by atoms with Gasteiger partial charge in [0.05, 0.1) is 36.1 Å². The van der Waals surface area contributed by atoms with E-state index in [0.29, 0.717) is 29.1 Å². The number of rotatable bonds is 12. The Morgan fingerprint density at radius 1 is 0.662 bits per heavy atom. The van der Waals surface area contributed by atoms with Crippen molar-refractivity contribution in [2.24, 2.45) is 0 Å². The maximum absolute atomic E-state index is 10.5. The SMILES string of the molecule is C=Cc1ccc(-c2nc3ccccc3o2)cc1.C=Cc1ccc(-c2nc3ccccc3s2)cc1.COc1c(C)cc(C=O)cc1CO.N#C/C(C=O)=C\c1ccc(CO)cc1.O=Cc1ccc(-c2cccs2)cc1. The van der Waals surface area contributed by atoms with E-state index in [1.165, 1.54) is 21.2 Å². The van der Waals surface area contributed by atoms with Gasteiger partial charge in [-0.05, 0) is 106 Å². The minimum atomic E-state index is -0.119. The zero-order chi connectivity index (χ0) is 52.7. The first-order valence-electron chi connectivity index (χ1n) is 22.9. The van der Waals surface area contributed by atoms with Crippen LogP contribution in [0.25, 0.3) is 72.0 Å². The number of nitrogens with zero attached hydrogens (tertiary/aromatic N) is 3. The van der Waals surface area contributed by atoms with Crippen LogP contribution in [-0.2, 0) is 18.0 Å². The minimum Gasteiger partial charge on any atom is -0.496 e. The van der Waals surface area contributed by atoms with Crippen LogP contribution in [0.1, 0.15) is 54.1 Å². The van der Waals surface area contributed by atoms with Crippen molar-refractivity contribution in [1.29, 1.82) is 5.26 Å². The number of thiazole rings is 1. The van der Waals surface area contributed by atoms with Gasteiger partial charge in [0.1, 0.15) is 34.9 Å². The Morgan fingerprint density at radius 2 is 1.26 bits per heavy atom. The molecule has 0 unspecified atom stereocenters. The Bertz CT molecular complexity index is 3310. The molecule has 0 aliphatic heterocycles. The first kappa shape index (κ1) is 54.4. The Labute approximate surface area is 437 Å². The summed E-state index contributed by atoms with van der Waals surface area (Å²) in [5.41, 5.74) is 12.7. The van der Waals surface area contributed by atoms with Crippen LogP contribution in [0.4, 0.5) is 0 Å². The number of benzene rings is 7. The van der Waals surface area contributed by atoms with E-state index in [2.05, 4.69) is 59.5 Å². The van der Waals surface area contributed by atoms with E-state index in [0.717, 1.165) is 78.7 Å². The molecular formula is C62H51N3O7S2. The highest BCUT2D eigenvalue weighted by molar-refractivity contribution is 7.21. The number of aliphatic hydroxyl groups is 2. The van der Waals surface area contributed by atoms with Gasteiger partial charge in [0, 0.05) is 32.7 Å². The number of aromatic nitrogens is 2. The summed E-state index contributed by atoms with van der Waals surface area (Å²) >= 11 is 3.43. The Morgan fingerprint density at radius 3 is 1.80 bits per heavy atom. The van der Waals surface area contributed by atoms with Crippen molar-refractivity contribution in [2.75, 3.05) is 7.11 Å². The highest BCUT2D eigenvalue weighted by Crippen LogP contribution is 2.31. The normalized spacial score (nSPS) is 10.3. The fourth-order valence-corrected chi connectivity index (χ4v) is 8.73. The van der Waals surface area contributed by atoms with Crippen LogP contribution in [0.5, 0.6) is 5.75 Å². The van der Waals surface area contributed by atoms with Gasteiger partial charge in [-0.1, -0.05) is 141 Å². The molecule has 0 aliphatic rings. The molecule has 0 atom stereocenters. The van der Waals surface area contributed by atoms with Gasteiger partial charge in [-0.15, -0.1) is 22.7 Å². The standard InChI is InChI=1S/C15H11NO.C15H11NS.C11H9NO2.C11H8OS.C10H12O3/c2*1-2-11-7-9-12(10-8-11)15-16-13-5-3-4-6-14(13)17-15;12-6-11(8-14)5-9-1-3-10(7-13)4-2-9;12-8-9-3-5-10(6-4-9)11-2-1-7-13-11;1-7-3-8(5-11)4-9(6-12)10(7)13-2/h2*2-10H,1H2;1-5,8,13H,7H2;1-8H;3-5,12H,6H2,1-2H3/b;;11-5+;;. The second kappa shape index (κ2) is 28.2. The van der Waals surface area contributed by atoms with Crippen molar-refractivity contribution in [3.05, 3.63) is 238 Å². The van der Waals surface area contributed by atoms with Gasteiger partial charge in [-0.3, -0.25) is 14.4 Å². The Hall–Kier alpha value is -8.96. The summed E-state index contributed by atoms with van der Waals surface area (Å²) in [6.45, 7) is 9.19. The van der Waals surface area contributed by atoms with E-state index in [1.54, 1.807) is 72.3 Å². The number of methoxy groups -OCH3 is 1. The highest BCUT2D eigenvalue weighted by Gasteiger charge is 2.09. The number of para-hydroxylation sites is 3. The zero-order valence-electron chi connectivity index (χ0n) is 40.6. The molecule has 0 saturated heterocycles. The second-order valence-electron chi connectivity index (χ2n) is 15.9. The number of aliphatic hydroxyl groups excluding tert-OH is 2. The van der Waals surface area contributed by atoms with Crippen LogP contribution in [0.3, 0.4) is 0 Å². The van der Waals surface area contributed by atoms with Crippen LogP contribution >= 0.6 is 22.7 Å². The van der Waals surface area contributed by atoms with E-state index < -0.39 is 0 Å². The van der Waals surface area contributed by atoms with E-state index in [9.17, 15) is 14.4 Å². The fraction of sp³-hybridized carbons (Fsp3) is 0.0645. The number of fused-ring (bicyclic) bond motifs is 2. The molecule has 12 heteroatoms. The molecule has 368 valence electrons. The van der Waals surface area contributed by atoms with Crippen molar-refractivity contribution in [3.63, 3.8) is 0 Å². The average molecular weight is 1010 g/mol. The molecule has 10 nitrogen and oxygen atoms in total. The molecule has 0 amide bonds. The molecule has 0 bridgehead atoms. The topological polar surface area (TPSA) is 164 Å². The number of allylic oxidation sites excluding steroid dienone is 1. The lowest BCUT2D eigenvalue weighted by Gasteiger charge is -2.09. The molecule has 3 heterocycles. The van der Waals surface area contributed by atoms with Crippen LogP contribution in [0.2, 0.25) is 0 Å². The van der Waals surface area contributed by atoms with Gasteiger partial charge in [0.25, 0.3) is 0 Å². The van der Waals surface area contributed by atoms with Crippen LogP contribution in [0.15, 0.2) is 198 Å². The van der Waals surface area contributed by atoms with Crippen LogP contribution in [-0.4, -0.2) is 46.1 Å². The van der Waals surface area contributed by atoms with Crippen molar-refractivity contribution < 1.29 is 33.8 Å². The maximum Gasteiger partial charge on any atom is 0.227 e. The smallest absolute Gasteiger partial charge is 0.227 e. The molecule has 0 radical (unpaired) electrons. The van der Waals surface area contributed by atoms with Crippen molar-refractivity contribution >= 4 is 81.1 Å². The lowest BCUT2D eigenvalue weighted by molar-refractivity contribution is -0.104. The zero-order valence-corrected chi connectivity index (χ0v) is 42.3. The summed E-state index contributed by atoms with van der Waals surface area (Å²) in [5.74, 6) is 1.30. The number of nitriles is 1. The molecule has 10 aromatic rings. The predicted octanol–water partition coefficient (Wildman–Crippen LogP) is 14.6. The lowest BCUT2D eigenvalue weighted by Crippen LogP contribution is -1.96. The fourth-order valence-electron chi connectivity index (χ4n) is 7.03. The molecule has 0 saturated carbocycles. The average Bonchev–Trinajstić information content (AvgIpc) is 4.27. The number of aryl methyl sites for hydroxylation is 1. The number of aldehydes is 3. The molecule has 3 aromatic heterocycles. The van der Waals surface area contributed by atoms with E-state index in [4.69, 9.17) is 24.6 Å². The molecule has 0 spiro atoms. The Balaban J connectivity index is 0.000000152. The van der Waals surface area contributed by atoms with Crippen LogP contribution < -0.4 is 4.74 Å². The molecule has 2 N–H and O–H groups in total. The number of hydrogen-bond donors (Lipinski definition) is 2. The van der Waals surface area contributed by atoms with Gasteiger partial charge in [0.15, 0.2) is 11.9 Å². The molecular weight excluding hydrogens is 963 g/mol. The third-order valence-corrected chi connectivity index (χ3v) is 12.9. The number of oxazole rings is 1. The first-order valence-corrected chi connectivity index (χ1v) is 24.6. The predicted molar refractivity (Wildman–Crippen MR) is 301 cm³/mol. The number of thiophene rings is 1. The monoisotopic (exact) mass is 1010 g/mol. The van der Waals surface area contributed by atoms with Gasteiger partial charge >= 0.3 is 0 Å². The number of carbonyl (C=O) groups excluding carboxylic acids is 3. The van der Waals surface area contributed by atoms with E-state index in [1.807, 2.05) is 122 Å². The minimum absolute atomic E-state index is 0.0111. The summed E-state index contributed by atoms with van der Waals surface area (Å²) in [6, 6.07) is 56.1.